The van der Waals surface area contributed by atoms with Crippen molar-refractivity contribution in [2.24, 2.45) is 0 Å². The molecule has 8 heteroatoms. The summed E-state index contributed by atoms with van der Waals surface area (Å²) in [5, 5.41) is 15.4. The van der Waals surface area contributed by atoms with Gasteiger partial charge in [-0.3, -0.25) is 9.69 Å². The molecule has 2 N–H and O–H groups in total. The summed E-state index contributed by atoms with van der Waals surface area (Å²) in [6.45, 7) is 0. The van der Waals surface area contributed by atoms with Gasteiger partial charge in [0.25, 0.3) is 5.91 Å². The van der Waals surface area contributed by atoms with Gasteiger partial charge in [-0.15, -0.1) is 0 Å². The van der Waals surface area contributed by atoms with Crippen LogP contribution in [0.3, 0.4) is 0 Å². The standard InChI is InChI=1S/C27H23BrN2O5/c1-30(27(33)35-18-12-10-17(16-28)11-13-18)23-8-5-6-20-19(23)14-15-21(25(20)31)26(32)29-22-7-3-4-9-24(22)34-2/h3-15,31H,16H2,1-2H3,(H,29,32). The third-order valence-corrected chi connectivity index (χ3v) is 6.18. The number of phenols is 1. The van der Waals surface area contributed by atoms with E-state index in [0.717, 1.165) is 5.56 Å². The van der Waals surface area contributed by atoms with Crippen LogP contribution in [0.15, 0.2) is 78.9 Å². The highest BCUT2D eigenvalue weighted by Gasteiger charge is 2.20. The zero-order chi connectivity index (χ0) is 24.9. The average molecular weight is 535 g/mol. The predicted molar refractivity (Wildman–Crippen MR) is 140 cm³/mol. The molecule has 0 saturated carbocycles. The van der Waals surface area contributed by atoms with Gasteiger partial charge in [0, 0.05) is 23.2 Å². The highest BCUT2D eigenvalue weighted by atomic mass is 79.9. The van der Waals surface area contributed by atoms with Crippen LogP contribution in [0.2, 0.25) is 0 Å². The number of aromatic hydroxyl groups is 1. The number of ether oxygens (including phenoxy) is 2. The number of carbonyl (C=O) groups excluding carboxylic acids is 2. The lowest BCUT2D eigenvalue weighted by Crippen LogP contribution is -2.29. The molecule has 0 fully saturated rings. The first-order valence-electron chi connectivity index (χ1n) is 10.7. The monoisotopic (exact) mass is 534 g/mol. The summed E-state index contributed by atoms with van der Waals surface area (Å²) in [6, 6.07) is 22.5. The van der Waals surface area contributed by atoms with E-state index in [4.69, 9.17) is 9.47 Å². The molecule has 0 heterocycles. The SMILES string of the molecule is COc1ccccc1NC(=O)c1ccc2c(N(C)C(=O)Oc3ccc(CBr)cc3)cccc2c1O. The van der Waals surface area contributed by atoms with Crippen LogP contribution in [0.4, 0.5) is 16.2 Å². The molecule has 4 aromatic rings. The molecule has 0 bridgehead atoms. The molecule has 4 rings (SSSR count). The van der Waals surface area contributed by atoms with Crippen LogP contribution in [-0.2, 0) is 5.33 Å². The number of benzene rings is 4. The van der Waals surface area contributed by atoms with Crippen molar-refractivity contribution in [2.75, 3.05) is 24.4 Å². The summed E-state index contributed by atoms with van der Waals surface area (Å²) in [5.41, 5.74) is 2.17. The number of nitrogens with zero attached hydrogens (tertiary/aromatic N) is 1. The van der Waals surface area contributed by atoms with Gasteiger partial charge in [0.15, 0.2) is 0 Å². The Bertz CT molecular complexity index is 1390. The van der Waals surface area contributed by atoms with E-state index < -0.39 is 12.0 Å². The van der Waals surface area contributed by atoms with E-state index in [2.05, 4.69) is 21.2 Å². The van der Waals surface area contributed by atoms with Crippen molar-refractivity contribution in [3.63, 3.8) is 0 Å². The number of alkyl halides is 1. The number of para-hydroxylation sites is 2. The Morgan fingerprint density at radius 3 is 2.40 bits per heavy atom. The summed E-state index contributed by atoms with van der Waals surface area (Å²) in [7, 11) is 3.10. The Balaban J connectivity index is 1.60. The van der Waals surface area contributed by atoms with E-state index in [1.54, 1.807) is 67.7 Å². The van der Waals surface area contributed by atoms with Crippen molar-refractivity contribution >= 4 is 50.1 Å². The average Bonchev–Trinajstić information content (AvgIpc) is 2.89. The van der Waals surface area contributed by atoms with Crippen LogP contribution < -0.4 is 19.7 Å². The molecule has 0 unspecified atom stereocenters. The first kappa shape index (κ1) is 24.1. The summed E-state index contributed by atoms with van der Waals surface area (Å²) in [6.07, 6.45) is -0.582. The Morgan fingerprint density at radius 2 is 1.69 bits per heavy atom. The lowest BCUT2D eigenvalue weighted by Gasteiger charge is -2.20. The Labute approximate surface area is 211 Å². The minimum atomic E-state index is -0.582. The van der Waals surface area contributed by atoms with E-state index in [0.29, 0.717) is 39.0 Å². The van der Waals surface area contributed by atoms with Crippen molar-refractivity contribution in [2.45, 2.75) is 5.33 Å². The molecule has 178 valence electrons. The molecule has 2 amide bonds. The van der Waals surface area contributed by atoms with Crippen LogP contribution in [0.25, 0.3) is 10.8 Å². The van der Waals surface area contributed by atoms with Crippen LogP contribution in [0, 0.1) is 0 Å². The van der Waals surface area contributed by atoms with Crippen molar-refractivity contribution in [3.8, 4) is 17.2 Å². The lowest BCUT2D eigenvalue weighted by molar-refractivity contribution is 0.102. The second-order valence-electron chi connectivity index (χ2n) is 7.69. The molecule has 0 saturated heterocycles. The van der Waals surface area contributed by atoms with Crippen molar-refractivity contribution < 1.29 is 24.2 Å². The fraction of sp³-hybridized carbons (Fsp3) is 0.111. The number of rotatable bonds is 6. The van der Waals surface area contributed by atoms with Crippen molar-refractivity contribution in [3.05, 3.63) is 90.0 Å². The smallest absolute Gasteiger partial charge is 0.419 e. The number of carbonyl (C=O) groups is 2. The molecule has 0 radical (unpaired) electrons. The van der Waals surface area contributed by atoms with Gasteiger partial charge in [-0.1, -0.05) is 58.4 Å². The maximum Gasteiger partial charge on any atom is 0.419 e. The van der Waals surface area contributed by atoms with Crippen LogP contribution in [0.1, 0.15) is 15.9 Å². The Kier molecular flexibility index (Phi) is 7.22. The van der Waals surface area contributed by atoms with Gasteiger partial charge in [0.2, 0.25) is 0 Å². The van der Waals surface area contributed by atoms with Gasteiger partial charge < -0.3 is 19.9 Å². The highest BCUT2D eigenvalue weighted by Crippen LogP contribution is 2.35. The zero-order valence-electron chi connectivity index (χ0n) is 19.1. The maximum absolute atomic E-state index is 12.9. The number of hydrogen-bond donors (Lipinski definition) is 2. The largest absolute Gasteiger partial charge is 0.506 e. The number of nitrogens with one attached hydrogen (secondary N) is 1. The number of methoxy groups -OCH3 is 1. The van der Waals surface area contributed by atoms with Crippen LogP contribution >= 0.6 is 15.9 Å². The molecule has 0 atom stereocenters. The fourth-order valence-corrected chi connectivity index (χ4v) is 4.03. The molecule has 0 aromatic heterocycles. The minimum Gasteiger partial charge on any atom is -0.506 e. The van der Waals surface area contributed by atoms with E-state index >= 15 is 0 Å². The second-order valence-corrected chi connectivity index (χ2v) is 8.25. The van der Waals surface area contributed by atoms with Gasteiger partial charge in [0.1, 0.15) is 17.2 Å². The topological polar surface area (TPSA) is 88.1 Å². The van der Waals surface area contributed by atoms with Crippen LogP contribution in [0.5, 0.6) is 17.2 Å². The van der Waals surface area contributed by atoms with Gasteiger partial charge >= 0.3 is 6.09 Å². The zero-order valence-corrected chi connectivity index (χ0v) is 20.7. The highest BCUT2D eigenvalue weighted by molar-refractivity contribution is 9.08. The number of halogens is 1. The quantitative estimate of drug-likeness (QED) is 0.282. The molecule has 7 nitrogen and oxygen atoms in total. The fourth-order valence-electron chi connectivity index (χ4n) is 3.65. The van der Waals surface area contributed by atoms with E-state index in [1.807, 2.05) is 12.1 Å². The summed E-state index contributed by atoms with van der Waals surface area (Å²) >= 11 is 3.39. The van der Waals surface area contributed by atoms with Gasteiger partial charge in [-0.25, -0.2) is 4.79 Å². The molecule has 0 aliphatic heterocycles. The molecule has 0 aliphatic rings. The molecular formula is C27H23BrN2O5. The molecule has 35 heavy (non-hydrogen) atoms. The third kappa shape index (κ3) is 5.07. The van der Waals surface area contributed by atoms with Gasteiger partial charge in [0.05, 0.1) is 24.0 Å². The maximum atomic E-state index is 12.9. The molecule has 4 aromatic carbocycles. The summed E-state index contributed by atoms with van der Waals surface area (Å²) in [5.74, 6) is 0.248. The normalized spacial score (nSPS) is 10.6. The van der Waals surface area contributed by atoms with Crippen LogP contribution in [-0.4, -0.2) is 31.3 Å². The van der Waals surface area contributed by atoms with Gasteiger partial charge in [-0.05, 0) is 42.0 Å². The first-order valence-corrected chi connectivity index (χ1v) is 11.8. The van der Waals surface area contributed by atoms with E-state index in [1.165, 1.54) is 18.1 Å². The Hall–Kier alpha value is -4.04. The number of fused-ring (bicyclic) bond motifs is 1. The lowest BCUT2D eigenvalue weighted by atomic mass is 10.0. The first-order chi connectivity index (χ1) is 16.9. The summed E-state index contributed by atoms with van der Waals surface area (Å²) in [4.78, 5) is 27.1. The van der Waals surface area contributed by atoms with Crippen molar-refractivity contribution in [1.29, 1.82) is 0 Å². The molecule has 0 spiro atoms. The number of anilines is 2. The van der Waals surface area contributed by atoms with Gasteiger partial charge in [-0.2, -0.15) is 0 Å². The summed E-state index contributed by atoms with van der Waals surface area (Å²) < 4.78 is 10.8. The van der Waals surface area contributed by atoms with Crippen molar-refractivity contribution in [1.82, 2.24) is 0 Å². The second kappa shape index (κ2) is 10.5. The van der Waals surface area contributed by atoms with E-state index in [-0.39, 0.29) is 11.3 Å². The minimum absolute atomic E-state index is 0.0951. The number of hydrogen-bond acceptors (Lipinski definition) is 5. The predicted octanol–water partition coefficient (Wildman–Crippen LogP) is 6.34. The molecule has 0 aliphatic carbocycles. The molecular weight excluding hydrogens is 512 g/mol. The Morgan fingerprint density at radius 1 is 0.943 bits per heavy atom. The number of amides is 2. The number of phenolic OH excluding ortho intramolecular Hbond substituents is 1. The third-order valence-electron chi connectivity index (χ3n) is 5.53. The van der Waals surface area contributed by atoms with E-state index in [9.17, 15) is 14.7 Å².